The molecular formula is C20H28N2O4Si. The van der Waals surface area contributed by atoms with E-state index in [-0.39, 0.29) is 11.5 Å². The number of benzene rings is 1. The van der Waals surface area contributed by atoms with Crippen molar-refractivity contribution in [3.63, 3.8) is 0 Å². The molecule has 0 aliphatic carbocycles. The summed E-state index contributed by atoms with van der Waals surface area (Å²) >= 11 is 0. The number of hydrogen-bond acceptors (Lipinski definition) is 4. The van der Waals surface area contributed by atoms with Crippen molar-refractivity contribution in [1.29, 1.82) is 0 Å². The van der Waals surface area contributed by atoms with Crippen molar-refractivity contribution < 1.29 is 19.1 Å². The van der Waals surface area contributed by atoms with Gasteiger partial charge in [0.15, 0.2) is 8.32 Å². The maximum Gasteiger partial charge on any atom is 0.326 e. The molecule has 2 aromatic rings. The van der Waals surface area contributed by atoms with Gasteiger partial charge in [0.1, 0.15) is 6.04 Å². The molecule has 0 saturated carbocycles. The number of para-hydroxylation sites is 1. The largest absolute Gasteiger partial charge is 0.480 e. The number of amides is 1. The number of carbonyl (C=O) groups is 2. The quantitative estimate of drug-likeness (QED) is 0.704. The van der Waals surface area contributed by atoms with Gasteiger partial charge >= 0.3 is 5.97 Å². The second-order valence-corrected chi connectivity index (χ2v) is 13.0. The van der Waals surface area contributed by atoms with Crippen LogP contribution in [0.3, 0.4) is 0 Å². The van der Waals surface area contributed by atoms with Crippen LogP contribution in [0.1, 0.15) is 37.6 Å². The number of fused-ring (bicyclic) bond motifs is 1. The summed E-state index contributed by atoms with van der Waals surface area (Å²) in [6.07, 6.45) is 1.83. The predicted octanol–water partition coefficient (Wildman–Crippen LogP) is 3.83. The summed E-state index contributed by atoms with van der Waals surface area (Å²) in [7, 11) is -1.96. The number of pyridine rings is 1. The van der Waals surface area contributed by atoms with E-state index in [1.165, 1.54) is 0 Å². The van der Waals surface area contributed by atoms with E-state index in [9.17, 15) is 14.7 Å². The fourth-order valence-electron chi connectivity index (χ4n) is 2.43. The summed E-state index contributed by atoms with van der Waals surface area (Å²) in [4.78, 5) is 28.5. The van der Waals surface area contributed by atoms with Crippen LogP contribution in [-0.2, 0) is 9.22 Å². The van der Waals surface area contributed by atoms with Crippen LogP contribution in [0.5, 0.6) is 0 Å². The zero-order chi connectivity index (χ0) is 20.2. The number of nitrogens with zero attached hydrogens (tertiary/aromatic N) is 1. The molecule has 1 heterocycles. The first-order chi connectivity index (χ1) is 12.5. The Kier molecular flexibility index (Phi) is 6.38. The Balaban J connectivity index is 2.07. The van der Waals surface area contributed by atoms with Gasteiger partial charge in [-0.2, -0.15) is 0 Å². The Hall–Kier alpha value is -2.25. The van der Waals surface area contributed by atoms with E-state index in [1.807, 2.05) is 12.1 Å². The SMILES string of the molecule is CC(C)(C)[Si](C)(C)OCC[C@H](NC(=O)c1cccc2cccnc12)C(=O)O. The van der Waals surface area contributed by atoms with Crippen LogP contribution in [0.2, 0.25) is 18.1 Å². The first-order valence-corrected chi connectivity index (χ1v) is 11.9. The van der Waals surface area contributed by atoms with Gasteiger partial charge in [0.05, 0.1) is 11.1 Å². The van der Waals surface area contributed by atoms with Gasteiger partial charge in [0, 0.05) is 24.6 Å². The first-order valence-electron chi connectivity index (χ1n) is 9.04. The predicted molar refractivity (Wildman–Crippen MR) is 108 cm³/mol. The van der Waals surface area contributed by atoms with Crippen molar-refractivity contribution in [1.82, 2.24) is 10.3 Å². The van der Waals surface area contributed by atoms with Gasteiger partial charge in [-0.15, -0.1) is 0 Å². The normalized spacial score (nSPS) is 13.4. The smallest absolute Gasteiger partial charge is 0.326 e. The van der Waals surface area contributed by atoms with Crippen LogP contribution in [0.25, 0.3) is 10.9 Å². The molecule has 0 saturated heterocycles. The summed E-state index contributed by atoms with van der Waals surface area (Å²) in [5, 5.41) is 13.0. The van der Waals surface area contributed by atoms with Crippen molar-refractivity contribution >= 4 is 31.1 Å². The topological polar surface area (TPSA) is 88.5 Å². The van der Waals surface area contributed by atoms with Crippen molar-refractivity contribution in [3.8, 4) is 0 Å². The number of carbonyl (C=O) groups excluding carboxylic acids is 1. The number of nitrogens with one attached hydrogen (secondary N) is 1. The van der Waals surface area contributed by atoms with Gasteiger partial charge in [-0.1, -0.05) is 39.0 Å². The van der Waals surface area contributed by atoms with Gasteiger partial charge < -0.3 is 14.8 Å². The second-order valence-electron chi connectivity index (χ2n) is 8.14. The number of rotatable bonds is 7. The highest BCUT2D eigenvalue weighted by molar-refractivity contribution is 6.74. The van der Waals surface area contributed by atoms with Crippen LogP contribution in [-0.4, -0.2) is 42.9 Å². The van der Waals surface area contributed by atoms with Crippen LogP contribution < -0.4 is 5.32 Å². The minimum absolute atomic E-state index is 0.0452. The van der Waals surface area contributed by atoms with E-state index in [1.54, 1.807) is 24.4 Å². The van der Waals surface area contributed by atoms with Crippen molar-refractivity contribution in [3.05, 3.63) is 42.1 Å². The second kappa shape index (κ2) is 8.18. The number of carboxylic acid groups (broad SMARTS) is 1. The number of carboxylic acids is 1. The molecule has 0 fully saturated rings. The van der Waals surface area contributed by atoms with E-state index in [0.29, 0.717) is 17.7 Å². The summed E-state index contributed by atoms with van der Waals surface area (Å²) in [5.74, 6) is -1.52. The third-order valence-corrected chi connectivity index (χ3v) is 9.69. The van der Waals surface area contributed by atoms with Gasteiger partial charge in [0.25, 0.3) is 5.91 Å². The molecule has 1 aromatic carbocycles. The molecule has 1 amide bonds. The zero-order valence-electron chi connectivity index (χ0n) is 16.6. The van der Waals surface area contributed by atoms with E-state index in [2.05, 4.69) is 44.2 Å². The molecule has 146 valence electrons. The van der Waals surface area contributed by atoms with Crippen LogP contribution in [0.4, 0.5) is 0 Å². The Morgan fingerprint density at radius 1 is 1.22 bits per heavy atom. The molecule has 6 nitrogen and oxygen atoms in total. The van der Waals surface area contributed by atoms with Crippen LogP contribution in [0.15, 0.2) is 36.5 Å². The van der Waals surface area contributed by atoms with Crippen molar-refractivity contribution in [2.75, 3.05) is 6.61 Å². The third-order valence-electron chi connectivity index (χ3n) is 5.16. The number of hydrogen-bond donors (Lipinski definition) is 2. The van der Waals surface area contributed by atoms with Gasteiger partial charge in [-0.25, -0.2) is 4.79 Å². The molecule has 2 rings (SSSR count). The van der Waals surface area contributed by atoms with E-state index in [4.69, 9.17) is 4.43 Å². The molecule has 0 unspecified atom stereocenters. The highest BCUT2D eigenvalue weighted by Crippen LogP contribution is 2.36. The highest BCUT2D eigenvalue weighted by Gasteiger charge is 2.37. The summed E-state index contributed by atoms with van der Waals surface area (Å²) in [6, 6.07) is 7.91. The Morgan fingerprint density at radius 3 is 2.52 bits per heavy atom. The first kappa shape index (κ1) is 21.1. The molecule has 0 bridgehead atoms. The lowest BCUT2D eigenvalue weighted by Crippen LogP contribution is -2.44. The summed E-state index contributed by atoms with van der Waals surface area (Å²) < 4.78 is 6.04. The fraction of sp³-hybridized carbons (Fsp3) is 0.450. The Morgan fingerprint density at radius 2 is 1.89 bits per heavy atom. The van der Waals surface area contributed by atoms with Gasteiger partial charge in [0.2, 0.25) is 0 Å². The maximum atomic E-state index is 12.6. The number of aromatic nitrogens is 1. The monoisotopic (exact) mass is 388 g/mol. The molecule has 27 heavy (non-hydrogen) atoms. The van der Waals surface area contributed by atoms with E-state index < -0.39 is 26.2 Å². The van der Waals surface area contributed by atoms with Crippen LogP contribution >= 0.6 is 0 Å². The molecule has 0 spiro atoms. The maximum absolute atomic E-state index is 12.6. The lowest BCUT2D eigenvalue weighted by Gasteiger charge is -2.36. The molecular weight excluding hydrogens is 360 g/mol. The minimum Gasteiger partial charge on any atom is -0.480 e. The minimum atomic E-state index is -1.96. The van der Waals surface area contributed by atoms with Crippen molar-refractivity contribution in [2.24, 2.45) is 0 Å². The highest BCUT2D eigenvalue weighted by atomic mass is 28.4. The molecule has 0 radical (unpaired) electrons. The Bertz CT molecular complexity index is 825. The molecule has 7 heteroatoms. The van der Waals surface area contributed by atoms with E-state index >= 15 is 0 Å². The van der Waals surface area contributed by atoms with E-state index in [0.717, 1.165) is 5.39 Å². The summed E-state index contributed by atoms with van der Waals surface area (Å²) in [5.41, 5.74) is 0.920. The molecule has 1 atom stereocenters. The lowest BCUT2D eigenvalue weighted by atomic mass is 10.1. The fourth-order valence-corrected chi connectivity index (χ4v) is 3.49. The number of aliphatic carboxylic acids is 1. The van der Waals surface area contributed by atoms with Gasteiger partial charge in [-0.3, -0.25) is 9.78 Å². The molecule has 0 aliphatic rings. The standard InChI is InChI=1S/C20H28N2O4Si/c1-20(2,3)27(4,5)26-13-11-16(19(24)25)22-18(23)15-10-6-8-14-9-7-12-21-17(14)15/h6-10,12,16H,11,13H2,1-5H3,(H,22,23)(H,24,25)/t16-/m0/s1. The average molecular weight is 389 g/mol. The van der Waals surface area contributed by atoms with Crippen molar-refractivity contribution in [2.45, 2.75) is 51.4 Å². The van der Waals surface area contributed by atoms with Crippen LogP contribution in [0, 0.1) is 0 Å². The summed E-state index contributed by atoms with van der Waals surface area (Å²) in [6.45, 7) is 10.9. The zero-order valence-corrected chi connectivity index (χ0v) is 17.6. The average Bonchev–Trinajstić information content (AvgIpc) is 2.59. The lowest BCUT2D eigenvalue weighted by molar-refractivity contribution is -0.139. The van der Waals surface area contributed by atoms with Gasteiger partial charge in [-0.05, 0) is 30.3 Å². The molecule has 2 N–H and O–H groups in total. The Labute approximate surface area is 161 Å². The molecule has 0 aliphatic heterocycles. The molecule has 1 aromatic heterocycles. The third kappa shape index (κ3) is 5.14.